The molecule has 0 saturated heterocycles. The zero-order chi connectivity index (χ0) is 21.0. The minimum atomic E-state index is -3.46. The van der Waals surface area contributed by atoms with Crippen LogP contribution in [-0.2, 0) is 9.84 Å². The highest BCUT2D eigenvalue weighted by molar-refractivity contribution is 7.91. The highest BCUT2D eigenvalue weighted by Crippen LogP contribution is 2.42. The summed E-state index contributed by atoms with van der Waals surface area (Å²) in [6, 6.07) is 9.45. The number of benzene rings is 1. The molecule has 2 aliphatic carbocycles. The highest BCUT2D eigenvalue weighted by Gasteiger charge is 2.33. The Labute approximate surface area is 181 Å². The van der Waals surface area contributed by atoms with Gasteiger partial charge in [0.15, 0.2) is 0 Å². The number of hydrogen-bond acceptors (Lipinski definition) is 4. The molecule has 0 unspecified atom stereocenters. The van der Waals surface area contributed by atoms with Gasteiger partial charge < -0.3 is 0 Å². The molecule has 4 rings (SSSR count). The quantitative estimate of drug-likeness (QED) is 0.587. The predicted molar refractivity (Wildman–Crippen MR) is 119 cm³/mol. The number of sulfone groups is 1. The minimum Gasteiger partial charge on any atom is -0.273 e. The molecule has 2 aliphatic rings. The van der Waals surface area contributed by atoms with Crippen molar-refractivity contribution in [2.75, 3.05) is 5.75 Å². The molecule has 6 heteroatoms. The molecule has 0 N–H and O–H groups in total. The van der Waals surface area contributed by atoms with E-state index in [1.54, 1.807) is 4.57 Å². The fourth-order valence-corrected chi connectivity index (χ4v) is 7.50. The third-order valence-electron chi connectivity index (χ3n) is 7.43. The van der Waals surface area contributed by atoms with Gasteiger partial charge in [-0.2, -0.15) is 0 Å². The van der Waals surface area contributed by atoms with Crippen molar-refractivity contribution in [3.63, 3.8) is 0 Å². The van der Waals surface area contributed by atoms with Crippen LogP contribution in [0.1, 0.15) is 71.1 Å². The Morgan fingerprint density at radius 1 is 0.900 bits per heavy atom. The maximum absolute atomic E-state index is 13.1. The fourth-order valence-electron chi connectivity index (χ4n) is 5.77. The molecule has 0 amide bonds. The van der Waals surface area contributed by atoms with Crippen molar-refractivity contribution < 1.29 is 8.42 Å². The first kappa shape index (κ1) is 21.5. The van der Waals surface area contributed by atoms with E-state index in [1.807, 2.05) is 30.3 Å². The van der Waals surface area contributed by atoms with Gasteiger partial charge in [-0.3, -0.25) is 4.57 Å². The van der Waals surface area contributed by atoms with Crippen LogP contribution >= 0.6 is 0 Å². The number of hydrogen-bond donors (Lipinski definition) is 0. The van der Waals surface area contributed by atoms with Gasteiger partial charge in [0.05, 0.1) is 5.75 Å². The third-order valence-corrected chi connectivity index (χ3v) is 9.18. The van der Waals surface area contributed by atoms with Crippen molar-refractivity contribution in [3.8, 4) is 5.69 Å². The largest absolute Gasteiger partial charge is 0.273 e. The third kappa shape index (κ3) is 4.96. The number of rotatable bonds is 7. The first-order valence-corrected chi connectivity index (χ1v) is 13.4. The van der Waals surface area contributed by atoms with E-state index >= 15 is 0 Å². The highest BCUT2D eigenvalue weighted by atomic mass is 32.2. The van der Waals surface area contributed by atoms with E-state index in [2.05, 4.69) is 17.1 Å². The second-order valence-electron chi connectivity index (χ2n) is 9.45. The van der Waals surface area contributed by atoms with Crippen LogP contribution in [0.25, 0.3) is 5.69 Å². The molecule has 2 fully saturated rings. The van der Waals surface area contributed by atoms with Crippen molar-refractivity contribution in [2.24, 2.45) is 23.7 Å². The number of aromatic nitrogens is 3. The summed E-state index contributed by atoms with van der Waals surface area (Å²) in [6.07, 6.45) is 14.2. The molecule has 0 atom stereocenters. The molecular formula is C24H35N3O2S. The molecule has 0 radical (unpaired) electrons. The van der Waals surface area contributed by atoms with Crippen LogP contribution in [-0.4, -0.2) is 28.9 Å². The van der Waals surface area contributed by atoms with Crippen LogP contribution in [0, 0.1) is 23.7 Å². The van der Waals surface area contributed by atoms with Crippen LogP contribution in [0.2, 0.25) is 0 Å². The van der Waals surface area contributed by atoms with E-state index in [9.17, 15) is 8.42 Å². The van der Waals surface area contributed by atoms with Crippen LogP contribution in [0.4, 0.5) is 0 Å². The summed E-state index contributed by atoms with van der Waals surface area (Å²) in [5.41, 5.74) is 0.781. The van der Waals surface area contributed by atoms with Gasteiger partial charge in [-0.05, 0) is 74.3 Å². The van der Waals surface area contributed by atoms with Gasteiger partial charge in [-0.25, -0.2) is 8.42 Å². The van der Waals surface area contributed by atoms with E-state index in [0.717, 1.165) is 36.3 Å². The molecule has 0 spiro atoms. The molecule has 0 bridgehead atoms. The maximum atomic E-state index is 13.1. The van der Waals surface area contributed by atoms with Gasteiger partial charge in [0, 0.05) is 5.69 Å². The maximum Gasteiger partial charge on any atom is 0.254 e. The summed E-state index contributed by atoms with van der Waals surface area (Å²) in [5.74, 6) is 3.06. The summed E-state index contributed by atoms with van der Waals surface area (Å²) >= 11 is 0. The van der Waals surface area contributed by atoms with Crippen LogP contribution < -0.4 is 0 Å². The standard InChI is InChI=1S/C24H35N3O2S/c1-2-6-19-9-13-21(14-10-19)22-15-11-20(12-16-22)17-30(28,29)24-26-25-18-27(24)23-7-4-3-5-8-23/h3-5,7-8,18-22H,2,6,9-17H2,1H3. The van der Waals surface area contributed by atoms with Crippen LogP contribution in [0.5, 0.6) is 0 Å². The van der Waals surface area contributed by atoms with E-state index in [-0.39, 0.29) is 16.8 Å². The Hall–Kier alpha value is -1.69. The Morgan fingerprint density at radius 3 is 2.10 bits per heavy atom. The Morgan fingerprint density at radius 2 is 1.50 bits per heavy atom. The molecule has 5 nitrogen and oxygen atoms in total. The lowest BCUT2D eigenvalue weighted by atomic mass is 9.69. The van der Waals surface area contributed by atoms with E-state index in [1.165, 1.54) is 57.7 Å². The van der Waals surface area contributed by atoms with Gasteiger partial charge >= 0.3 is 0 Å². The lowest BCUT2D eigenvalue weighted by Crippen LogP contribution is -2.28. The van der Waals surface area contributed by atoms with Gasteiger partial charge in [0.1, 0.15) is 6.33 Å². The van der Waals surface area contributed by atoms with Crippen LogP contribution in [0.3, 0.4) is 0 Å². The zero-order valence-corrected chi connectivity index (χ0v) is 18.9. The Bertz CT molecular complexity index is 894. The lowest BCUT2D eigenvalue weighted by molar-refractivity contribution is 0.148. The summed E-state index contributed by atoms with van der Waals surface area (Å²) in [7, 11) is -3.46. The minimum absolute atomic E-state index is 0.0741. The lowest BCUT2D eigenvalue weighted by Gasteiger charge is -2.37. The normalized spacial score (nSPS) is 27.8. The summed E-state index contributed by atoms with van der Waals surface area (Å²) < 4.78 is 27.8. The van der Waals surface area contributed by atoms with Crippen molar-refractivity contribution >= 4 is 9.84 Å². The van der Waals surface area contributed by atoms with Gasteiger partial charge in [-0.15, -0.1) is 10.2 Å². The monoisotopic (exact) mass is 429 g/mol. The average molecular weight is 430 g/mol. The van der Waals surface area contributed by atoms with E-state index in [4.69, 9.17) is 0 Å². The Kier molecular flexibility index (Phi) is 6.91. The van der Waals surface area contributed by atoms with Crippen molar-refractivity contribution in [2.45, 2.75) is 76.3 Å². The molecule has 30 heavy (non-hydrogen) atoms. The predicted octanol–water partition coefficient (Wildman–Crippen LogP) is 5.45. The van der Waals surface area contributed by atoms with Gasteiger partial charge in [0.2, 0.25) is 9.84 Å². The Balaban J connectivity index is 1.33. The molecule has 1 heterocycles. The summed E-state index contributed by atoms with van der Waals surface area (Å²) in [6.45, 7) is 2.30. The molecule has 1 aromatic heterocycles. The SMILES string of the molecule is CCCC1CCC(C2CCC(CS(=O)(=O)c3nncn3-c3ccccc3)CC2)CC1. The van der Waals surface area contributed by atoms with E-state index < -0.39 is 9.84 Å². The second kappa shape index (κ2) is 9.63. The van der Waals surface area contributed by atoms with Crippen molar-refractivity contribution in [1.29, 1.82) is 0 Å². The molecule has 2 saturated carbocycles. The molecule has 1 aromatic carbocycles. The van der Waals surface area contributed by atoms with Crippen molar-refractivity contribution in [3.05, 3.63) is 36.7 Å². The summed E-state index contributed by atoms with van der Waals surface area (Å²) in [4.78, 5) is 0. The second-order valence-corrected chi connectivity index (χ2v) is 11.4. The zero-order valence-electron chi connectivity index (χ0n) is 18.1. The molecule has 0 aliphatic heterocycles. The molecular weight excluding hydrogens is 394 g/mol. The van der Waals surface area contributed by atoms with E-state index in [0.29, 0.717) is 0 Å². The summed E-state index contributed by atoms with van der Waals surface area (Å²) in [5, 5.41) is 7.92. The molecule has 164 valence electrons. The molecule has 2 aromatic rings. The van der Waals surface area contributed by atoms with Crippen molar-refractivity contribution in [1.82, 2.24) is 14.8 Å². The van der Waals surface area contributed by atoms with Gasteiger partial charge in [0.25, 0.3) is 5.16 Å². The first-order valence-electron chi connectivity index (χ1n) is 11.7. The fraction of sp³-hybridized carbons (Fsp3) is 0.667. The average Bonchev–Trinajstić information content (AvgIpc) is 3.27. The number of nitrogens with zero attached hydrogens (tertiary/aromatic N) is 3. The van der Waals surface area contributed by atoms with Crippen LogP contribution in [0.15, 0.2) is 41.8 Å². The van der Waals surface area contributed by atoms with Gasteiger partial charge in [-0.1, -0.05) is 50.8 Å². The first-order chi connectivity index (χ1) is 14.6. The smallest absolute Gasteiger partial charge is 0.254 e. The topological polar surface area (TPSA) is 64.8 Å². The number of para-hydroxylation sites is 1.